The number of nitrogens with one attached hydrogen (secondary N) is 2. The predicted molar refractivity (Wildman–Crippen MR) is 113 cm³/mol. The van der Waals surface area contributed by atoms with Gasteiger partial charge in [0.1, 0.15) is 0 Å². The van der Waals surface area contributed by atoms with Gasteiger partial charge in [0, 0.05) is 30.0 Å². The summed E-state index contributed by atoms with van der Waals surface area (Å²) in [5.41, 5.74) is 4.44. The second-order valence-corrected chi connectivity index (χ2v) is 7.21. The van der Waals surface area contributed by atoms with Gasteiger partial charge in [0.15, 0.2) is 0 Å². The molecule has 0 spiro atoms. The molecule has 0 aliphatic carbocycles. The molecule has 1 fully saturated rings. The average Bonchev–Trinajstić information content (AvgIpc) is 3.27. The van der Waals surface area contributed by atoms with Crippen molar-refractivity contribution in [2.24, 2.45) is 0 Å². The molecule has 0 unspecified atom stereocenters. The van der Waals surface area contributed by atoms with Crippen molar-refractivity contribution in [3.05, 3.63) is 70.5 Å². The Morgan fingerprint density at radius 3 is 2.28 bits per heavy atom. The SMILES string of the molecule is Cc1nn(-c2ccc(C(=O)Nc3ccc(N4CCNC4=O)cc3)cc2)c(C)c1Cl. The van der Waals surface area contributed by atoms with E-state index in [1.807, 2.05) is 38.1 Å². The summed E-state index contributed by atoms with van der Waals surface area (Å²) < 4.78 is 1.76. The Morgan fingerprint density at radius 1 is 1.07 bits per heavy atom. The summed E-state index contributed by atoms with van der Waals surface area (Å²) in [6.07, 6.45) is 0. The molecule has 7 nitrogen and oxygen atoms in total. The highest BCUT2D eigenvalue weighted by Crippen LogP contribution is 2.23. The summed E-state index contributed by atoms with van der Waals surface area (Å²) >= 11 is 6.21. The third-order valence-corrected chi connectivity index (χ3v) is 5.42. The number of benzene rings is 2. The van der Waals surface area contributed by atoms with Crippen LogP contribution < -0.4 is 15.5 Å². The van der Waals surface area contributed by atoms with Gasteiger partial charge in [0.25, 0.3) is 5.91 Å². The zero-order valence-corrected chi connectivity index (χ0v) is 16.8. The number of urea groups is 1. The van der Waals surface area contributed by atoms with Crippen LogP contribution in [-0.2, 0) is 0 Å². The first-order valence-corrected chi connectivity index (χ1v) is 9.61. The summed E-state index contributed by atoms with van der Waals surface area (Å²) in [5, 5.41) is 10.7. The molecular weight excluding hydrogens is 390 g/mol. The number of carbonyl (C=O) groups excluding carboxylic acids is 2. The van der Waals surface area contributed by atoms with Gasteiger partial charge in [0.2, 0.25) is 0 Å². The number of hydrogen-bond acceptors (Lipinski definition) is 3. The van der Waals surface area contributed by atoms with Crippen LogP contribution >= 0.6 is 11.6 Å². The van der Waals surface area contributed by atoms with E-state index in [-0.39, 0.29) is 11.9 Å². The second-order valence-electron chi connectivity index (χ2n) is 6.83. The third kappa shape index (κ3) is 3.69. The standard InChI is InChI=1S/C21H20ClN5O2/c1-13-19(22)14(2)27(25-13)18-7-3-15(4-8-18)20(28)24-16-5-9-17(10-6-16)26-12-11-23-21(26)29/h3-10H,11-12H2,1-2H3,(H,23,29)(H,24,28). The van der Waals surface area contributed by atoms with Gasteiger partial charge < -0.3 is 10.6 Å². The van der Waals surface area contributed by atoms with Crippen molar-refractivity contribution < 1.29 is 9.59 Å². The molecule has 1 aromatic heterocycles. The van der Waals surface area contributed by atoms with Crippen LogP contribution in [0.15, 0.2) is 48.5 Å². The molecule has 3 aromatic rings. The average molecular weight is 410 g/mol. The van der Waals surface area contributed by atoms with Crippen LogP contribution in [0.2, 0.25) is 5.02 Å². The van der Waals surface area contributed by atoms with E-state index in [9.17, 15) is 9.59 Å². The molecule has 0 atom stereocenters. The minimum absolute atomic E-state index is 0.106. The Labute approximate surface area is 173 Å². The lowest BCUT2D eigenvalue weighted by Crippen LogP contribution is -2.27. The normalized spacial score (nSPS) is 13.5. The molecule has 2 heterocycles. The fourth-order valence-electron chi connectivity index (χ4n) is 3.28. The van der Waals surface area contributed by atoms with Crippen molar-refractivity contribution >= 4 is 34.9 Å². The van der Waals surface area contributed by atoms with Crippen molar-refractivity contribution in [2.45, 2.75) is 13.8 Å². The number of aromatic nitrogens is 2. The van der Waals surface area contributed by atoms with Gasteiger partial charge in [-0.3, -0.25) is 9.69 Å². The summed E-state index contributed by atoms with van der Waals surface area (Å²) in [4.78, 5) is 25.9. The minimum Gasteiger partial charge on any atom is -0.336 e. The van der Waals surface area contributed by atoms with E-state index in [2.05, 4.69) is 15.7 Å². The summed E-state index contributed by atoms with van der Waals surface area (Å²) in [6.45, 7) is 5.03. The van der Waals surface area contributed by atoms with Crippen LogP contribution in [0.25, 0.3) is 5.69 Å². The highest BCUT2D eigenvalue weighted by molar-refractivity contribution is 6.31. The lowest BCUT2D eigenvalue weighted by Gasteiger charge is -2.14. The number of halogens is 1. The topological polar surface area (TPSA) is 79.3 Å². The smallest absolute Gasteiger partial charge is 0.321 e. The van der Waals surface area contributed by atoms with Crippen LogP contribution in [0, 0.1) is 13.8 Å². The number of nitrogens with zero attached hydrogens (tertiary/aromatic N) is 3. The van der Waals surface area contributed by atoms with Crippen LogP contribution in [0.1, 0.15) is 21.7 Å². The fraction of sp³-hybridized carbons (Fsp3) is 0.190. The van der Waals surface area contributed by atoms with Crippen LogP contribution in [0.3, 0.4) is 0 Å². The lowest BCUT2D eigenvalue weighted by atomic mass is 10.2. The molecule has 148 valence electrons. The van der Waals surface area contributed by atoms with Crippen molar-refractivity contribution in [2.75, 3.05) is 23.3 Å². The Bertz CT molecular complexity index is 1070. The maximum absolute atomic E-state index is 12.6. The summed E-state index contributed by atoms with van der Waals surface area (Å²) in [6, 6.07) is 14.3. The van der Waals surface area contributed by atoms with E-state index < -0.39 is 0 Å². The van der Waals surface area contributed by atoms with E-state index in [1.54, 1.807) is 33.8 Å². The first kappa shape index (κ1) is 19.0. The largest absolute Gasteiger partial charge is 0.336 e. The van der Waals surface area contributed by atoms with Crippen molar-refractivity contribution in [3.63, 3.8) is 0 Å². The molecule has 2 N–H and O–H groups in total. The van der Waals surface area contributed by atoms with E-state index in [0.29, 0.717) is 29.4 Å². The number of hydrogen-bond donors (Lipinski definition) is 2. The Balaban J connectivity index is 1.46. The number of aryl methyl sites for hydroxylation is 1. The van der Waals surface area contributed by atoms with Crippen molar-refractivity contribution in [1.29, 1.82) is 0 Å². The summed E-state index contributed by atoms with van der Waals surface area (Å²) in [7, 11) is 0. The monoisotopic (exact) mass is 409 g/mol. The fourth-order valence-corrected chi connectivity index (χ4v) is 3.39. The first-order chi connectivity index (χ1) is 13.9. The molecule has 1 aliphatic rings. The molecule has 29 heavy (non-hydrogen) atoms. The van der Waals surface area contributed by atoms with Gasteiger partial charge in [-0.25, -0.2) is 9.48 Å². The molecule has 3 amide bonds. The Morgan fingerprint density at radius 2 is 1.72 bits per heavy atom. The zero-order valence-electron chi connectivity index (χ0n) is 16.1. The third-order valence-electron chi connectivity index (χ3n) is 4.87. The van der Waals surface area contributed by atoms with E-state index in [1.165, 1.54) is 0 Å². The maximum atomic E-state index is 12.6. The second kappa shape index (κ2) is 7.60. The zero-order chi connectivity index (χ0) is 20.5. The molecule has 1 aliphatic heterocycles. The quantitative estimate of drug-likeness (QED) is 0.685. The van der Waals surface area contributed by atoms with Gasteiger partial charge in [-0.15, -0.1) is 0 Å². The van der Waals surface area contributed by atoms with E-state index in [4.69, 9.17) is 11.6 Å². The van der Waals surface area contributed by atoms with Gasteiger partial charge in [0.05, 0.1) is 22.1 Å². The first-order valence-electron chi connectivity index (χ1n) is 9.23. The molecule has 2 aromatic carbocycles. The molecule has 0 radical (unpaired) electrons. The lowest BCUT2D eigenvalue weighted by molar-refractivity contribution is 0.102. The van der Waals surface area contributed by atoms with Gasteiger partial charge in [-0.1, -0.05) is 11.6 Å². The van der Waals surface area contributed by atoms with E-state index >= 15 is 0 Å². The Hall–Kier alpha value is -3.32. The van der Waals surface area contributed by atoms with Crippen LogP contribution in [0.5, 0.6) is 0 Å². The van der Waals surface area contributed by atoms with Gasteiger partial charge >= 0.3 is 6.03 Å². The molecule has 1 saturated heterocycles. The number of rotatable bonds is 4. The molecule has 0 bridgehead atoms. The Kier molecular flexibility index (Phi) is 4.98. The van der Waals surface area contributed by atoms with Crippen LogP contribution in [0.4, 0.5) is 16.2 Å². The van der Waals surface area contributed by atoms with Gasteiger partial charge in [-0.2, -0.15) is 5.10 Å². The number of carbonyl (C=O) groups is 2. The van der Waals surface area contributed by atoms with Gasteiger partial charge in [-0.05, 0) is 62.4 Å². The minimum atomic E-state index is -0.213. The maximum Gasteiger partial charge on any atom is 0.321 e. The molecule has 4 rings (SSSR count). The molecule has 8 heteroatoms. The van der Waals surface area contributed by atoms with Crippen molar-refractivity contribution in [3.8, 4) is 5.69 Å². The number of anilines is 2. The molecular formula is C21H20ClN5O2. The highest BCUT2D eigenvalue weighted by Gasteiger charge is 2.20. The molecule has 0 saturated carbocycles. The number of amides is 3. The van der Waals surface area contributed by atoms with Crippen LogP contribution in [-0.4, -0.2) is 34.8 Å². The van der Waals surface area contributed by atoms with Crippen molar-refractivity contribution in [1.82, 2.24) is 15.1 Å². The summed E-state index contributed by atoms with van der Waals surface area (Å²) in [5.74, 6) is -0.213. The van der Waals surface area contributed by atoms with E-state index in [0.717, 1.165) is 22.8 Å². The predicted octanol–water partition coefficient (Wildman–Crippen LogP) is 3.92. The highest BCUT2D eigenvalue weighted by atomic mass is 35.5.